The van der Waals surface area contributed by atoms with Crippen LogP contribution in [0.25, 0.3) is 0 Å². The largest absolute Gasteiger partial charge is 0.377 e. The van der Waals surface area contributed by atoms with Crippen molar-refractivity contribution in [3.05, 3.63) is 0 Å². The first-order chi connectivity index (χ1) is 7.12. The van der Waals surface area contributed by atoms with Crippen LogP contribution in [0.1, 0.15) is 39.5 Å². The van der Waals surface area contributed by atoms with Crippen LogP contribution in [0, 0.1) is 5.92 Å². The van der Waals surface area contributed by atoms with Gasteiger partial charge in [-0.15, -0.1) is 0 Å². The lowest BCUT2D eigenvalue weighted by Gasteiger charge is -2.29. The molecule has 0 spiro atoms. The Hall–Kier alpha value is -0.120. The van der Waals surface area contributed by atoms with Crippen molar-refractivity contribution in [2.75, 3.05) is 13.2 Å². The molecular weight excluding hydrogens is 188 g/mol. The smallest absolute Gasteiger partial charge is 0.0726 e. The first-order valence-corrected chi connectivity index (χ1v) is 6.24. The van der Waals surface area contributed by atoms with Crippen LogP contribution in [0.4, 0.5) is 0 Å². The molecule has 0 amide bonds. The third-order valence-corrected chi connectivity index (χ3v) is 4.12. The third-order valence-electron chi connectivity index (χ3n) is 4.12. The molecule has 1 aliphatic heterocycles. The Kier molecular flexibility index (Phi) is 3.33. The maximum absolute atomic E-state index is 6.07. The summed E-state index contributed by atoms with van der Waals surface area (Å²) in [6, 6.07) is 0.415. The van der Waals surface area contributed by atoms with Gasteiger partial charge in [-0.3, -0.25) is 0 Å². The van der Waals surface area contributed by atoms with E-state index in [1.165, 1.54) is 12.8 Å². The first-order valence-electron chi connectivity index (χ1n) is 6.24. The van der Waals surface area contributed by atoms with E-state index in [9.17, 15) is 0 Å². The summed E-state index contributed by atoms with van der Waals surface area (Å²) in [6.45, 7) is 6.33. The van der Waals surface area contributed by atoms with Gasteiger partial charge in [-0.25, -0.2) is 0 Å². The monoisotopic (exact) mass is 212 g/mol. The summed E-state index contributed by atoms with van der Waals surface area (Å²) in [7, 11) is 0. The maximum atomic E-state index is 6.07. The standard InChI is InChI=1S/C12H24N2O/c1-9-12(2,6-8-15-9)14-7-5-11(13)10-3-4-10/h9-11,14H,3-8,13H2,1-2H3. The Balaban J connectivity index is 1.68. The lowest BCUT2D eigenvalue weighted by Crippen LogP contribution is -2.49. The third kappa shape index (κ3) is 2.71. The maximum Gasteiger partial charge on any atom is 0.0726 e. The lowest BCUT2D eigenvalue weighted by molar-refractivity contribution is 0.0885. The van der Waals surface area contributed by atoms with Crippen molar-refractivity contribution in [3.63, 3.8) is 0 Å². The Morgan fingerprint density at radius 1 is 1.53 bits per heavy atom. The highest BCUT2D eigenvalue weighted by Gasteiger charge is 2.36. The second-order valence-corrected chi connectivity index (χ2v) is 5.40. The zero-order valence-electron chi connectivity index (χ0n) is 9.96. The van der Waals surface area contributed by atoms with Gasteiger partial charge in [0.1, 0.15) is 0 Å². The van der Waals surface area contributed by atoms with Gasteiger partial charge >= 0.3 is 0 Å². The predicted molar refractivity (Wildman–Crippen MR) is 61.8 cm³/mol. The molecule has 0 aromatic rings. The van der Waals surface area contributed by atoms with Gasteiger partial charge in [0.25, 0.3) is 0 Å². The van der Waals surface area contributed by atoms with Crippen LogP contribution in [0.15, 0.2) is 0 Å². The second-order valence-electron chi connectivity index (χ2n) is 5.40. The zero-order valence-corrected chi connectivity index (χ0v) is 9.96. The van der Waals surface area contributed by atoms with Crippen molar-refractivity contribution in [1.82, 2.24) is 5.32 Å². The van der Waals surface area contributed by atoms with Crippen molar-refractivity contribution in [1.29, 1.82) is 0 Å². The minimum absolute atomic E-state index is 0.170. The quantitative estimate of drug-likeness (QED) is 0.721. The molecule has 3 heteroatoms. The van der Waals surface area contributed by atoms with E-state index >= 15 is 0 Å². The van der Waals surface area contributed by atoms with E-state index < -0.39 is 0 Å². The van der Waals surface area contributed by atoms with Crippen molar-refractivity contribution in [3.8, 4) is 0 Å². The van der Waals surface area contributed by atoms with Crippen LogP contribution in [-0.2, 0) is 4.74 Å². The Morgan fingerprint density at radius 2 is 2.27 bits per heavy atom. The Labute approximate surface area is 92.7 Å². The fourth-order valence-corrected chi connectivity index (χ4v) is 2.35. The van der Waals surface area contributed by atoms with Gasteiger partial charge in [-0.2, -0.15) is 0 Å². The SMILES string of the molecule is CC1OCCC1(C)NCCC(N)C1CC1. The normalized spacial score (nSPS) is 38.2. The van der Waals surface area contributed by atoms with E-state index in [1.807, 2.05) is 0 Å². The van der Waals surface area contributed by atoms with Crippen molar-refractivity contribution < 1.29 is 4.74 Å². The summed E-state index contributed by atoms with van der Waals surface area (Å²) >= 11 is 0. The number of hydrogen-bond acceptors (Lipinski definition) is 3. The fourth-order valence-electron chi connectivity index (χ4n) is 2.35. The highest BCUT2D eigenvalue weighted by atomic mass is 16.5. The van der Waals surface area contributed by atoms with Gasteiger partial charge in [-0.1, -0.05) is 0 Å². The fraction of sp³-hybridized carbons (Fsp3) is 1.00. The van der Waals surface area contributed by atoms with E-state index in [0.717, 1.165) is 31.9 Å². The molecule has 3 unspecified atom stereocenters. The molecular formula is C12H24N2O. The molecule has 3 nitrogen and oxygen atoms in total. The molecule has 2 aliphatic rings. The van der Waals surface area contributed by atoms with E-state index in [2.05, 4.69) is 19.2 Å². The highest BCUT2D eigenvalue weighted by molar-refractivity contribution is 4.94. The van der Waals surface area contributed by atoms with Crippen LogP contribution in [0.5, 0.6) is 0 Å². The average molecular weight is 212 g/mol. The summed E-state index contributed by atoms with van der Waals surface area (Å²) in [6.07, 6.45) is 5.24. The van der Waals surface area contributed by atoms with E-state index in [-0.39, 0.29) is 5.54 Å². The number of nitrogens with two attached hydrogens (primary N) is 1. The average Bonchev–Trinajstić information content (AvgIpc) is 2.96. The van der Waals surface area contributed by atoms with Crippen molar-refractivity contribution in [2.24, 2.45) is 11.7 Å². The topological polar surface area (TPSA) is 47.3 Å². The summed E-state index contributed by atoms with van der Waals surface area (Å²) in [5.41, 5.74) is 6.24. The molecule has 88 valence electrons. The molecule has 1 saturated carbocycles. The number of hydrogen-bond donors (Lipinski definition) is 2. The van der Waals surface area contributed by atoms with Crippen LogP contribution in [0.2, 0.25) is 0 Å². The Morgan fingerprint density at radius 3 is 2.80 bits per heavy atom. The highest BCUT2D eigenvalue weighted by Crippen LogP contribution is 2.33. The lowest BCUT2D eigenvalue weighted by atomic mass is 9.94. The van der Waals surface area contributed by atoms with Gasteiger partial charge < -0.3 is 15.8 Å². The van der Waals surface area contributed by atoms with Gasteiger partial charge in [-0.05, 0) is 52.0 Å². The number of ether oxygens (including phenoxy) is 1. The number of nitrogens with one attached hydrogen (secondary N) is 1. The molecule has 0 bridgehead atoms. The molecule has 15 heavy (non-hydrogen) atoms. The van der Waals surface area contributed by atoms with Gasteiger partial charge in [0.05, 0.1) is 6.10 Å². The molecule has 1 heterocycles. The Bertz CT molecular complexity index is 218. The zero-order chi connectivity index (χ0) is 10.9. The first kappa shape index (κ1) is 11.4. The molecule has 1 saturated heterocycles. The molecule has 0 aromatic heterocycles. The molecule has 0 radical (unpaired) electrons. The van der Waals surface area contributed by atoms with Crippen LogP contribution in [-0.4, -0.2) is 30.8 Å². The molecule has 1 aliphatic carbocycles. The van der Waals surface area contributed by atoms with Crippen molar-refractivity contribution >= 4 is 0 Å². The summed E-state index contributed by atoms with van der Waals surface area (Å²) in [5, 5.41) is 3.62. The van der Waals surface area contributed by atoms with E-state index in [0.29, 0.717) is 12.1 Å². The van der Waals surface area contributed by atoms with Gasteiger partial charge in [0, 0.05) is 18.2 Å². The minimum Gasteiger partial charge on any atom is -0.377 e. The number of rotatable bonds is 5. The van der Waals surface area contributed by atoms with Crippen molar-refractivity contribution in [2.45, 2.75) is 57.2 Å². The van der Waals surface area contributed by atoms with Gasteiger partial charge in [0.2, 0.25) is 0 Å². The summed E-state index contributed by atoms with van der Waals surface area (Å²) < 4.78 is 5.59. The predicted octanol–water partition coefficient (Wildman–Crippen LogP) is 1.27. The molecule has 2 rings (SSSR count). The van der Waals surface area contributed by atoms with Gasteiger partial charge in [0.15, 0.2) is 0 Å². The summed E-state index contributed by atoms with van der Waals surface area (Å²) in [4.78, 5) is 0. The molecule has 0 aromatic carbocycles. The van der Waals surface area contributed by atoms with Crippen LogP contribution < -0.4 is 11.1 Å². The van der Waals surface area contributed by atoms with E-state index in [4.69, 9.17) is 10.5 Å². The van der Waals surface area contributed by atoms with E-state index in [1.54, 1.807) is 0 Å². The molecule has 2 fully saturated rings. The van der Waals surface area contributed by atoms with Crippen LogP contribution in [0.3, 0.4) is 0 Å². The minimum atomic E-state index is 0.170. The molecule has 3 atom stereocenters. The molecule has 3 N–H and O–H groups in total. The summed E-state index contributed by atoms with van der Waals surface area (Å²) in [5.74, 6) is 0.817. The van der Waals surface area contributed by atoms with Crippen LogP contribution >= 0.6 is 0 Å². The second kappa shape index (κ2) is 4.40.